The lowest BCUT2D eigenvalue weighted by molar-refractivity contribution is -0.897. The van der Waals surface area contributed by atoms with E-state index < -0.39 is 0 Å². The molecule has 1 aliphatic heterocycles. The van der Waals surface area contributed by atoms with Crippen molar-refractivity contribution in [2.24, 2.45) is 0 Å². The first-order valence-electron chi connectivity index (χ1n) is 8.29. The minimum absolute atomic E-state index is 0.0751. The predicted molar refractivity (Wildman–Crippen MR) is 103 cm³/mol. The first-order valence-corrected chi connectivity index (χ1v) is 10.3. The molecule has 3 unspecified atom stereocenters. The molecule has 0 saturated carbocycles. The second kappa shape index (κ2) is 8.39. The summed E-state index contributed by atoms with van der Waals surface area (Å²) < 4.78 is 5.98. The minimum Gasteiger partial charge on any atom is -0.633 e. The number of ether oxygens (including phenoxy) is 1. The summed E-state index contributed by atoms with van der Waals surface area (Å²) >= 11 is 5.08. The van der Waals surface area contributed by atoms with Crippen LogP contribution in [-0.2, 0) is 0 Å². The maximum atomic E-state index is 12.9. The molecule has 1 heterocycles. The summed E-state index contributed by atoms with van der Waals surface area (Å²) in [6, 6.07) is 16.1. The molecule has 0 fully saturated rings. The van der Waals surface area contributed by atoms with Gasteiger partial charge in [0.15, 0.2) is 5.37 Å². The molecule has 2 aromatic carbocycles. The van der Waals surface area contributed by atoms with Crippen LogP contribution >= 0.6 is 27.7 Å². The van der Waals surface area contributed by atoms with Gasteiger partial charge in [-0.15, -0.1) is 0 Å². The van der Waals surface area contributed by atoms with Crippen LogP contribution in [0.25, 0.3) is 0 Å². The van der Waals surface area contributed by atoms with Gasteiger partial charge >= 0.3 is 0 Å². The van der Waals surface area contributed by atoms with Crippen molar-refractivity contribution in [3.63, 3.8) is 0 Å². The first-order chi connectivity index (χ1) is 11.7. The monoisotopic (exact) mass is 407 g/mol. The Kier molecular flexibility index (Phi) is 6.22. The number of thioether (sulfide) groups is 1. The molecule has 24 heavy (non-hydrogen) atoms. The molecule has 0 spiro atoms. The lowest BCUT2D eigenvalue weighted by atomic mass is 10.1. The molecule has 0 amide bonds. The summed E-state index contributed by atoms with van der Waals surface area (Å²) in [4.78, 5) is 1.20. The van der Waals surface area contributed by atoms with Gasteiger partial charge in [0.2, 0.25) is 0 Å². The van der Waals surface area contributed by atoms with E-state index in [4.69, 9.17) is 4.74 Å². The van der Waals surface area contributed by atoms with Crippen molar-refractivity contribution in [2.75, 3.05) is 11.9 Å². The van der Waals surface area contributed by atoms with E-state index in [2.05, 4.69) is 28.1 Å². The SMILES string of the molecule is CC1c2ccccc2SC(c2ccccc2OCCCCBr)[NH+]1[O-]. The topological polar surface area (TPSA) is 36.7 Å². The number of nitrogens with one attached hydrogen (secondary N) is 1. The van der Waals surface area contributed by atoms with E-state index in [9.17, 15) is 5.21 Å². The number of unbranched alkanes of at least 4 members (excludes halogenated alkanes) is 1. The van der Waals surface area contributed by atoms with Gasteiger partial charge in [-0.2, -0.15) is 0 Å². The van der Waals surface area contributed by atoms with E-state index in [1.54, 1.807) is 11.8 Å². The summed E-state index contributed by atoms with van der Waals surface area (Å²) in [7, 11) is 0. The van der Waals surface area contributed by atoms with Gasteiger partial charge in [0.25, 0.3) is 0 Å². The Morgan fingerprint density at radius 3 is 2.58 bits per heavy atom. The molecule has 0 radical (unpaired) electrons. The van der Waals surface area contributed by atoms with E-state index in [1.165, 1.54) is 4.90 Å². The van der Waals surface area contributed by atoms with Gasteiger partial charge in [0.1, 0.15) is 11.8 Å². The van der Waals surface area contributed by atoms with Crippen LogP contribution in [0.1, 0.15) is 42.3 Å². The van der Waals surface area contributed by atoms with Gasteiger partial charge < -0.3 is 15.0 Å². The van der Waals surface area contributed by atoms with E-state index >= 15 is 0 Å². The predicted octanol–water partition coefficient (Wildman–Crippen LogP) is 4.49. The molecule has 3 atom stereocenters. The normalized spacial score (nSPS) is 22.9. The molecule has 128 valence electrons. The van der Waals surface area contributed by atoms with Crippen molar-refractivity contribution in [3.05, 3.63) is 64.9 Å². The minimum atomic E-state index is -0.192. The quantitative estimate of drug-likeness (QED) is 0.435. The van der Waals surface area contributed by atoms with Crippen molar-refractivity contribution in [3.8, 4) is 5.75 Å². The summed E-state index contributed by atoms with van der Waals surface area (Å²) in [5.74, 6) is 0.838. The zero-order valence-corrected chi connectivity index (χ0v) is 16.1. The lowest BCUT2D eigenvalue weighted by Gasteiger charge is -2.41. The molecule has 0 aliphatic carbocycles. The Bertz CT molecular complexity index is 682. The van der Waals surface area contributed by atoms with Crippen molar-refractivity contribution in [1.29, 1.82) is 0 Å². The Labute approximate surface area is 156 Å². The van der Waals surface area contributed by atoms with Gasteiger partial charge in [-0.1, -0.05) is 58.0 Å². The van der Waals surface area contributed by atoms with Crippen LogP contribution in [0.3, 0.4) is 0 Å². The molecular formula is C19H22BrNO2S. The lowest BCUT2D eigenvalue weighted by Crippen LogP contribution is -3.07. The summed E-state index contributed by atoms with van der Waals surface area (Å²) in [6.45, 7) is 2.69. The number of hydrogen-bond acceptors (Lipinski definition) is 3. The molecule has 0 bridgehead atoms. The van der Waals surface area contributed by atoms with E-state index in [0.29, 0.717) is 6.61 Å². The molecule has 1 N–H and O–H groups in total. The van der Waals surface area contributed by atoms with Crippen molar-refractivity contribution in [1.82, 2.24) is 0 Å². The zero-order valence-electron chi connectivity index (χ0n) is 13.7. The van der Waals surface area contributed by atoms with Gasteiger partial charge in [-0.25, -0.2) is 0 Å². The Morgan fingerprint density at radius 2 is 1.79 bits per heavy atom. The third-order valence-electron chi connectivity index (χ3n) is 4.30. The summed E-state index contributed by atoms with van der Waals surface area (Å²) in [5, 5.41) is 14.0. The van der Waals surface area contributed by atoms with Crippen LogP contribution < -0.4 is 9.80 Å². The van der Waals surface area contributed by atoms with Gasteiger partial charge in [-0.05, 0) is 38.0 Å². The Hall–Kier alpha value is -1.01. The average Bonchev–Trinajstić information content (AvgIpc) is 2.62. The molecule has 3 nitrogen and oxygen atoms in total. The molecule has 5 heteroatoms. The number of halogens is 1. The van der Waals surface area contributed by atoms with Crippen LogP contribution in [0, 0.1) is 5.21 Å². The average molecular weight is 408 g/mol. The van der Waals surface area contributed by atoms with E-state index in [-0.39, 0.29) is 16.5 Å². The number of hydrogen-bond donors (Lipinski definition) is 1. The highest BCUT2D eigenvalue weighted by Crippen LogP contribution is 2.42. The van der Waals surface area contributed by atoms with Crippen LogP contribution in [0.5, 0.6) is 5.75 Å². The molecule has 2 aromatic rings. The largest absolute Gasteiger partial charge is 0.633 e. The Balaban J connectivity index is 1.84. The fourth-order valence-corrected chi connectivity index (χ4v) is 4.77. The van der Waals surface area contributed by atoms with Gasteiger partial charge in [-0.3, -0.25) is 0 Å². The van der Waals surface area contributed by atoms with Crippen LogP contribution in [0.4, 0.5) is 0 Å². The number of benzene rings is 2. The van der Waals surface area contributed by atoms with E-state index in [1.807, 2.05) is 43.3 Å². The molecule has 0 saturated heterocycles. The maximum absolute atomic E-state index is 12.9. The zero-order chi connectivity index (χ0) is 16.9. The standard InChI is InChI=1S/C19H22BrNO2S/c1-14-15-8-3-5-11-18(15)24-19(21(14)22)16-9-2-4-10-17(16)23-13-7-6-12-20/h2-5,8-11,14,19,21H,6-7,12-13H2,1H3. The van der Waals surface area contributed by atoms with Gasteiger partial charge in [0, 0.05) is 15.8 Å². The van der Waals surface area contributed by atoms with Gasteiger partial charge in [0.05, 0.1) is 12.2 Å². The second-order valence-electron chi connectivity index (χ2n) is 5.94. The van der Waals surface area contributed by atoms with Crippen molar-refractivity contribution < 1.29 is 9.80 Å². The number of quaternary nitrogens is 1. The summed E-state index contributed by atoms with van der Waals surface area (Å²) in [6.07, 6.45) is 2.09. The number of rotatable bonds is 6. The molecule has 1 aliphatic rings. The smallest absolute Gasteiger partial charge is 0.168 e. The highest BCUT2D eigenvalue weighted by Gasteiger charge is 2.34. The van der Waals surface area contributed by atoms with Crippen molar-refractivity contribution in [2.45, 2.75) is 36.1 Å². The van der Waals surface area contributed by atoms with Crippen LogP contribution in [0.15, 0.2) is 53.4 Å². The fourth-order valence-electron chi connectivity index (χ4n) is 2.93. The molecule has 3 rings (SSSR count). The third-order valence-corrected chi connectivity index (χ3v) is 6.21. The number of para-hydroxylation sites is 1. The molecular weight excluding hydrogens is 386 g/mol. The fraction of sp³-hybridized carbons (Fsp3) is 0.368. The highest BCUT2D eigenvalue weighted by atomic mass is 79.9. The first kappa shape index (κ1) is 17.8. The third kappa shape index (κ3) is 3.80. The highest BCUT2D eigenvalue weighted by molar-refractivity contribution is 9.09. The number of fused-ring (bicyclic) bond motifs is 1. The van der Waals surface area contributed by atoms with E-state index in [0.717, 1.165) is 35.0 Å². The van der Waals surface area contributed by atoms with Crippen LogP contribution in [0.2, 0.25) is 0 Å². The molecule has 0 aromatic heterocycles. The number of alkyl halides is 1. The van der Waals surface area contributed by atoms with Crippen molar-refractivity contribution >= 4 is 27.7 Å². The van der Waals surface area contributed by atoms with Crippen LogP contribution in [-0.4, -0.2) is 11.9 Å². The summed E-state index contributed by atoms with van der Waals surface area (Å²) in [5.41, 5.74) is 2.13. The Morgan fingerprint density at radius 1 is 1.08 bits per heavy atom. The second-order valence-corrected chi connectivity index (χ2v) is 7.88. The maximum Gasteiger partial charge on any atom is 0.168 e. The number of hydroxylamine groups is 2.